The number of rotatable bonds is 4. The minimum atomic E-state index is -0.140. The molecule has 3 nitrogen and oxygen atoms in total. The summed E-state index contributed by atoms with van der Waals surface area (Å²) in [5, 5.41) is 0.797. The quantitative estimate of drug-likeness (QED) is 0.621. The molecular weight excluding hydrogens is 376 g/mol. The van der Waals surface area contributed by atoms with Crippen molar-refractivity contribution in [3.63, 3.8) is 0 Å². The molecule has 0 aliphatic rings. The van der Waals surface area contributed by atoms with Gasteiger partial charge in [0.1, 0.15) is 10.8 Å². The predicted molar refractivity (Wildman–Crippen MR) is 96.7 cm³/mol. The van der Waals surface area contributed by atoms with Crippen LogP contribution in [0.5, 0.6) is 0 Å². The number of halogens is 2. The van der Waals surface area contributed by atoms with Gasteiger partial charge in [0.25, 0.3) is 5.56 Å². The second-order valence-corrected chi connectivity index (χ2v) is 5.99. The SMILES string of the molecule is O=c1c(Cc2ccccc2)nc(Cl)c(CBr)n1-c1ccccc1. The summed E-state index contributed by atoms with van der Waals surface area (Å²) < 4.78 is 1.63. The Morgan fingerprint density at radius 3 is 2.22 bits per heavy atom. The lowest BCUT2D eigenvalue weighted by atomic mass is 10.1. The standard InChI is InChI=1S/C18H14BrClN2O/c19-12-16-17(20)21-15(11-13-7-3-1-4-8-13)18(23)22(16)14-9-5-2-6-10-14/h1-10H,11-12H2. The lowest BCUT2D eigenvalue weighted by molar-refractivity contribution is 0.853. The molecule has 1 aromatic heterocycles. The molecule has 116 valence electrons. The lowest BCUT2D eigenvalue weighted by Crippen LogP contribution is -2.27. The Balaban J connectivity index is 2.17. The topological polar surface area (TPSA) is 34.9 Å². The van der Waals surface area contributed by atoms with Crippen molar-refractivity contribution < 1.29 is 0 Å². The highest BCUT2D eigenvalue weighted by Gasteiger charge is 2.16. The molecule has 0 bridgehead atoms. The van der Waals surface area contributed by atoms with Crippen molar-refractivity contribution in [1.82, 2.24) is 9.55 Å². The minimum absolute atomic E-state index is 0.140. The zero-order valence-electron chi connectivity index (χ0n) is 12.2. The maximum atomic E-state index is 12.9. The number of para-hydroxylation sites is 1. The van der Waals surface area contributed by atoms with Crippen molar-refractivity contribution in [2.45, 2.75) is 11.8 Å². The van der Waals surface area contributed by atoms with Gasteiger partial charge in [-0.25, -0.2) is 4.98 Å². The molecular formula is C18H14BrClN2O. The maximum Gasteiger partial charge on any atom is 0.277 e. The average Bonchev–Trinajstić information content (AvgIpc) is 2.59. The van der Waals surface area contributed by atoms with E-state index in [0.717, 1.165) is 11.3 Å². The first kappa shape index (κ1) is 16.0. The summed E-state index contributed by atoms with van der Waals surface area (Å²) in [5.41, 5.74) is 2.76. The predicted octanol–water partition coefficient (Wildman–Crippen LogP) is 4.37. The third-order valence-electron chi connectivity index (χ3n) is 3.55. The van der Waals surface area contributed by atoms with Gasteiger partial charge in [-0.1, -0.05) is 76.1 Å². The number of alkyl halides is 1. The van der Waals surface area contributed by atoms with Crippen molar-refractivity contribution in [2.75, 3.05) is 0 Å². The van der Waals surface area contributed by atoms with Gasteiger partial charge in [0.2, 0.25) is 0 Å². The highest BCUT2D eigenvalue weighted by atomic mass is 79.9. The largest absolute Gasteiger partial charge is 0.277 e. The van der Waals surface area contributed by atoms with Crippen LogP contribution in [-0.2, 0) is 11.8 Å². The molecule has 23 heavy (non-hydrogen) atoms. The zero-order valence-corrected chi connectivity index (χ0v) is 14.6. The summed E-state index contributed by atoms with van der Waals surface area (Å²) >= 11 is 9.72. The van der Waals surface area contributed by atoms with Gasteiger partial charge in [-0.2, -0.15) is 0 Å². The van der Waals surface area contributed by atoms with Crippen LogP contribution in [0.25, 0.3) is 5.69 Å². The Morgan fingerprint density at radius 2 is 1.61 bits per heavy atom. The van der Waals surface area contributed by atoms with Gasteiger partial charge in [0, 0.05) is 17.4 Å². The Labute approximate surface area is 147 Å². The monoisotopic (exact) mass is 388 g/mol. The number of aromatic nitrogens is 2. The van der Waals surface area contributed by atoms with Crippen molar-refractivity contribution in [1.29, 1.82) is 0 Å². The maximum absolute atomic E-state index is 12.9. The van der Waals surface area contributed by atoms with Crippen LogP contribution in [-0.4, -0.2) is 9.55 Å². The van der Waals surface area contributed by atoms with Gasteiger partial charge >= 0.3 is 0 Å². The van der Waals surface area contributed by atoms with E-state index in [1.54, 1.807) is 4.57 Å². The Morgan fingerprint density at radius 1 is 1.00 bits per heavy atom. The molecule has 0 atom stereocenters. The minimum Gasteiger partial charge on any atom is -0.276 e. The third-order valence-corrected chi connectivity index (χ3v) is 4.38. The van der Waals surface area contributed by atoms with Gasteiger partial charge in [-0.05, 0) is 17.7 Å². The van der Waals surface area contributed by atoms with Gasteiger partial charge in [0.05, 0.1) is 5.69 Å². The first-order valence-electron chi connectivity index (χ1n) is 7.16. The zero-order chi connectivity index (χ0) is 16.2. The molecule has 3 rings (SSSR count). The molecule has 0 radical (unpaired) electrons. The van der Waals surface area contributed by atoms with Crippen molar-refractivity contribution in [2.24, 2.45) is 0 Å². The van der Waals surface area contributed by atoms with Crippen LogP contribution in [0.3, 0.4) is 0 Å². The van der Waals surface area contributed by atoms with E-state index in [9.17, 15) is 4.79 Å². The summed E-state index contributed by atoms with van der Waals surface area (Å²) in [4.78, 5) is 17.3. The molecule has 0 unspecified atom stereocenters. The Kier molecular flexibility index (Phi) is 4.94. The summed E-state index contributed by atoms with van der Waals surface area (Å²) in [5.74, 6) is 0. The van der Waals surface area contributed by atoms with Crippen LogP contribution in [0.2, 0.25) is 5.15 Å². The molecule has 2 aromatic carbocycles. The van der Waals surface area contributed by atoms with E-state index in [-0.39, 0.29) is 5.56 Å². The number of hydrogen-bond acceptors (Lipinski definition) is 2. The van der Waals surface area contributed by atoms with E-state index in [1.807, 2.05) is 60.7 Å². The summed E-state index contributed by atoms with van der Waals surface area (Å²) in [6.45, 7) is 0. The van der Waals surface area contributed by atoms with E-state index >= 15 is 0 Å². The second-order valence-electron chi connectivity index (χ2n) is 5.07. The van der Waals surface area contributed by atoms with E-state index < -0.39 is 0 Å². The highest BCUT2D eigenvalue weighted by molar-refractivity contribution is 9.08. The van der Waals surface area contributed by atoms with Crippen molar-refractivity contribution >= 4 is 27.5 Å². The lowest BCUT2D eigenvalue weighted by Gasteiger charge is -2.14. The first-order valence-corrected chi connectivity index (χ1v) is 8.66. The summed E-state index contributed by atoms with van der Waals surface area (Å²) in [6.07, 6.45) is 0.453. The van der Waals surface area contributed by atoms with Gasteiger partial charge in [-0.3, -0.25) is 9.36 Å². The van der Waals surface area contributed by atoms with Crippen molar-refractivity contribution in [3.05, 3.63) is 93.1 Å². The fourth-order valence-electron chi connectivity index (χ4n) is 2.44. The molecule has 0 aliphatic heterocycles. The van der Waals surface area contributed by atoms with Crippen LogP contribution in [0, 0.1) is 0 Å². The molecule has 0 fully saturated rings. The van der Waals surface area contributed by atoms with Crippen LogP contribution < -0.4 is 5.56 Å². The number of nitrogens with zero attached hydrogens (tertiary/aromatic N) is 2. The molecule has 1 heterocycles. The summed E-state index contributed by atoms with van der Waals surface area (Å²) in [6, 6.07) is 19.2. The van der Waals surface area contributed by atoms with Crippen LogP contribution in [0.15, 0.2) is 65.5 Å². The molecule has 0 aliphatic carbocycles. The Bertz CT molecular complexity index is 863. The molecule has 3 aromatic rings. The summed E-state index contributed by atoms with van der Waals surface area (Å²) in [7, 11) is 0. The molecule has 0 saturated heterocycles. The molecule has 0 saturated carbocycles. The molecule has 0 spiro atoms. The first-order chi connectivity index (χ1) is 11.2. The van der Waals surface area contributed by atoms with Gasteiger partial charge in [0.15, 0.2) is 0 Å². The smallest absolute Gasteiger partial charge is 0.276 e. The van der Waals surface area contributed by atoms with Crippen LogP contribution in [0.1, 0.15) is 17.0 Å². The molecule has 5 heteroatoms. The third kappa shape index (κ3) is 3.38. The van der Waals surface area contributed by atoms with Gasteiger partial charge < -0.3 is 0 Å². The number of benzene rings is 2. The van der Waals surface area contributed by atoms with Crippen molar-refractivity contribution in [3.8, 4) is 5.69 Å². The van der Waals surface area contributed by atoms with Crippen LogP contribution in [0.4, 0.5) is 0 Å². The second kappa shape index (κ2) is 7.11. The average molecular weight is 390 g/mol. The van der Waals surface area contributed by atoms with E-state index in [1.165, 1.54) is 0 Å². The fourth-order valence-corrected chi connectivity index (χ4v) is 3.38. The van der Waals surface area contributed by atoms with Gasteiger partial charge in [-0.15, -0.1) is 0 Å². The normalized spacial score (nSPS) is 10.7. The fraction of sp³-hybridized carbons (Fsp3) is 0.111. The van der Waals surface area contributed by atoms with Crippen LogP contribution >= 0.6 is 27.5 Å². The van der Waals surface area contributed by atoms with E-state index in [4.69, 9.17) is 11.6 Å². The van der Waals surface area contributed by atoms with E-state index in [0.29, 0.717) is 28.3 Å². The molecule has 0 N–H and O–H groups in total. The molecule has 0 amide bonds. The van der Waals surface area contributed by atoms with E-state index in [2.05, 4.69) is 20.9 Å². The highest BCUT2D eigenvalue weighted by Crippen LogP contribution is 2.20. The Hall–Kier alpha value is -1.91. The number of hydrogen-bond donors (Lipinski definition) is 0.